The first-order chi connectivity index (χ1) is 12.7. The molecule has 0 fully saturated rings. The smallest absolute Gasteiger partial charge is 0.319 e. The third kappa shape index (κ3) is 6.31. The Balaban J connectivity index is 1.81. The van der Waals surface area contributed by atoms with Crippen LogP contribution in [0.4, 0.5) is 10.5 Å². The summed E-state index contributed by atoms with van der Waals surface area (Å²) in [6, 6.07) is 14.0. The molecule has 2 aromatic carbocycles. The van der Waals surface area contributed by atoms with E-state index in [1.54, 1.807) is 0 Å². The predicted molar refractivity (Wildman–Crippen MR) is 113 cm³/mol. The third-order valence-electron chi connectivity index (χ3n) is 4.45. The van der Waals surface area contributed by atoms with Crippen molar-refractivity contribution in [3.05, 3.63) is 59.2 Å². The molecule has 2 aromatic rings. The van der Waals surface area contributed by atoms with Crippen LogP contribution in [0.2, 0.25) is 0 Å². The lowest BCUT2D eigenvalue weighted by atomic mass is 9.87. The number of anilines is 1. The minimum atomic E-state index is -0.226. The zero-order valence-electron chi connectivity index (χ0n) is 17.3. The van der Waals surface area contributed by atoms with Gasteiger partial charge in [0.15, 0.2) is 0 Å². The summed E-state index contributed by atoms with van der Waals surface area (Å²) in [7, 11) is 0. The molecule has 0 spiro atoms. The molecule has 0 aliphatic rings. The van der Waals surface area contributed by atoms with Crippen LogP contribution in [0.25, 0.3) is 0 Å². The maximum Gasteiger partial charge on any atom is 0.319 e. The van der Waals surface area contributed by atoms with Gasteiger partial charge in [0.2, 0.25) is 0 Å². The highest BCUT2D eigenvalue weighted by molar-refractivity contribution is 5.89. The number of rotatable bonds is 6. The number of nitrogens with one attached hydrogen (secondary N) is 2. The minimum Gasteiger partial charge on any atom is -0.491 e. The lowest BCUT2D eigenvalue weighted by Gasteiger charge is -2.19. The molecule has 0 heterocycles. The molecule has 4 heteroatoms. The fourth-order valence-corrected chi connectivity index (χ4v) is 2.80. The normalized spacial score (nSPS) is 11.4. The highest BCUT2D eigenvalue weighted by atomic mass is 16.5. The number of amides is 2. The molecule has 0 aromatic heterocycles. The summed E-state index contributed by atoms with van der Waals surface area (Å²) >= 11 is 0. The number of hydrogen-bond donors (Lipinski definition) is 2. The Kier molecular flexibility index (Phi) is 6.89. The summed E-state index contributed by atoms with van der Waals surface area (Å²) in [5.41, 5.74) is 4.47. The van der Waals surface area contributed by atoms with Crippen molar-refractivity contribution in [2.75, 3.05) is 18.5 Å². The number of urea groups is 1. The SMILES string of the molecule is Cc1ccc(C(C)C)c(OCCNC(=O)Nc2ccc(C(C)(C)C)cc2)c1. The summed E-state index contributed by atoms with van der Waals surface area (Å²) in [4.78, 5) is 12.1. The monoisotopic (exact) mass is 368 g/mol. The van der Waals surface area contributed by atoms with Gasteiger partial charge in [-0.25, -0.2) is 4.79 Å². The van der Waals surface area contributed by atoms with Crippen molar-refractivity contribution in [1.29, 1.82) is 0 Å². The van der Waals surface area contributed by atoms with Crippen molar-refractivity contribution in [2.45, 2.75) is 52.9 Å². The van der Waals surface area contributed by atoms with Crippen LogP contribution in [0, 0.1) is 6.92 Å². The molecule has 2 rings (SSSR count). The maximum absolute atomic E-state index is 12.1. The first-order valence-corrected chi connectivity index (χ1v) is 9.55. The Hall–Kier alpha value is -2.49. The summed E-state index contributed by atoms with van der Waals surface area (Å²) in [5.74, 6) is 1.29. The van der Waals surface area contributed by atoms with Gasteiger partial charge in [-0.2, -0.15) is 0 Å². The Bertz CT molecular complexity index is 759. The Morgan fingerprint density at radius 2 is 1.74 bits per heavy atom. The van der Waals surface area contributed by atoms with Gasteiger partial charge >= 0.3 is 6.03 Å². The van der Waals surface area contributed by atoms with Crippen LogP contribution in [0.3, 0.4) is 0 Å². The molecule has 0 bridgehead atoms. The highest BCUT2D eigenvalue weighted by Crippen LogP contribution is 2.27. The zero-order chi connectivity index (χ0) is 20.0. The van der Waals surface area contributed by atoms with E-state index in [-0.39, 0.29) is 11.4 Å². The quantitative estimate of drug-likeness (QED) is 0.651. The molecular formula is C23H32N2O2. The van der Waals surface area contributed by atoms with Crippen LogP contribution in [0.1, 0.15) is 57.2 Å². The van der Waals surface area contributed by atoms with Crippen LogP contribution < -0.4 is 15.4 Å². The Morgan fingerprint density at radius 3 is 2.33 bits per heavy atom. The fourth-order valence-electron chi connectivity index (χ4n) is 2.80. The van der Waals surface area contributed by atoms with Gasteiger partial charge < -0.3 is 15.4 Å². The third-order valence-corrected chi connectivity index (χ3v) is 4.45. The number of carbonyl (C=O) groups is 1. The van der Waals surface area contributed by atoms with Crippen molar-refractivity contribution in [1.82, 2.24) is 5.32 Å². The maximum atomic E-state index is 12.1. The van der Waals surface area contributed by atoms with E-state index in [0.29, 0.717) is 19.1 Å². The second-order valence-corrected chi connectivity index (χ2v) is 8.25. The Morgan fingerprint density at radius 1 is 1.07 bits per heavy atom. The fraction of sp³-hybridized carbons (Fsp3) is 0.435. The van der Waals surface area contributed by atoms with Crippen molar-refractivity contribution in [3.8, 4) is 5.75 Å². The molecular weight excluding hydrogens is 336 g/mol. The molecule has 0 saturated heterocycles. The summed E-state index contributed by atoms with van der Waals surface area (Å²) in [6.07, 6.45) is 0. The molecule has 0 saturated carbocycles. The van der Waals surface area contributed by atoms with Gasteiger partial charge in [0.05, 0.1) is 6.54 Å². The van der Waals surface area contributed by atoms with Crippen LogP contribution in [-0.4, -0.2) is 19.2 Å². The highest BCUT2D eigenvalue weighted by Gasteiger charge is 2.13. The summed E-state index contributed by atoms with van der Waals surface area (Å²) in [6.45, 7) is 13.7. The molecule has 0 aliphatic carbocycles. The number of aryl methyl sites for hydroxylation is 1. The average molecular weight is 369 g/mol. The van der Waals surface area contributed by atoms with Gasteiger partial charge in [0.1, 0.15) is 12.4 Å². The van der Waals surface area contributed by atoms with E-state index in [1.165, 1.54) is 16.7 Å². The van der Waals surface area contributed by atoms with Gasteiger partial charge in [-0.3, -0.25) is 0 Å². The first-order valence-electron chi connectivity index (χ1n) is 9.55. The van der Waals surface area contributed by atoms with Crippen LogP contribution in [0.15, 0.2) is 42.5 Å². The lowest BCUT2D eigenvalue weighted by molar-refractivity contribution is 0.247. The molecule has 4 nitrogen and oxygen atoms in total. The molecule has 146 valence electrons. The van der Waals surface area contributed by atoms with Gasteiger partial charge in [0.25, 0.3) is 0 Å². The molecule has 2 N–H and O–H groups in total. The van der Waals surface area contributed by atoms with Gasteiger partial charge in [0, 0.05) is 5.69 Å². The van der Waals surface area contributed by atoms with E-state index in [9.17, 15) is 4.79 Å². The second-order valence-electron chi connectivity index (χ2n) is 8.25. The second kappa shape index (κ2) is 8.94. The van der Waals surface area contributed by atoms with Crippen molar-refractivity contribution >= 4 is 11.7 Å². The largest absolute Gasteiger partial charge is 0.491 e. The van der Waals surface area contributed by atoms with E-state index >= 15 is 0 Å². The first kappa shape index (κ1) is 20.8. The molecule has 27 heavy (non-hydrogen) atoms. The molecule has 0 unspecified atom stereocenters. The van der Waals surface area contributed by atoms with Gasteiger partial charge in [-0.1, -0.05) is 58.9 Å². The van der Waals surface area contributed by atoms with Crippen LogP contribution >= 0.6 is 0 Å². The van der Waals surface area contributed by atoms with E-state index in [2.05, 4.69) is 57.4 Å². The topological polar surface area (TPSA) is 50.4 Å². The van der Waals surface area contributed by atoms with E-state index in [4.69, 9.17) is 4.74 Å². The van der Waals surface area contributed by atoms with Gasteiger partial charge in [-0.15, -0.1) is 0 Å². The Labute approximate surface area is 163 Å². The predicted octanol–water partition coefficient (Wildman–Crippen LogP) is 5.62. The average Bonchev–Trinajstić information content (AvgIpc) is 2.58. The molecule has 2 amide bonds. The lowest BCUT2D eigenvalue weighted by Crippen LogP contribution is -2.32. The van der Waals surface area contributed by atoms with E-state index in [1.807, 2.05) is 37.3 Å². The van der Waals surface area contributed by atoms with Crippen LogP contribution in [-0.2, 0) is 5.41 Å². The standard InChI is InChI=1S/C23H32N2O2/c1-16(2)20-12-7-17(3)15-21(20)27-14-13-24-22(26)25-19-10-8-18(9-11-19)23(4,5)6/h7-12,15-16H,13-14H2,1-6H3,(H2,24,25,26). The number of hydrogen-bond acceptors (Lipinski definition) is 2. The molecule has 0 atom stereocenters. The van der Waals surface area contributed by atoms with E-state index in [0.717, 1.165) is 11.4 Å². The number of ether oxygens (including phenoxy) is 1. The van der Waals surface area contributed by atoms with Crippen molar-refractivity contribution in [2.24, 2.45) is 0 Å². The van der Waals surface area contributed by atoms with Gasteiger partial charge in [-0.05, 0) is 53.1 Å². The van der Waals surface area contributed by atoms with Crippen molar-refractivity contribution < 1.29 is 9.53 Å². The molecule has 0 radical (unpaired) electrons. The number of benzene rings is 2. The van der Waals surface area contributed by atoms with E-state index < -0.39 is 0 Å². The van der Waals surface area contributed by atoms with Crippen molar-refractivity contribution in [3.63, 3.8) is 0 Å². The minimum absolute atomic E-state index is 0.1000. The summed E-state index contributed by atoms with van der Waals surface area (Å²) < 4.78 is 5.89. The zero-order valence-corrected chi connectivity index (χ0v) is 17.3. The summed E-state index contributed by atoms with van der Waals surface area (Å²) in [5, 5.41) is 5.69. The van der Waals surface area contributed by atoms with Crippen LogP contribution in [0.5, 0.6) is 5.75 Å². The molecule has 0 aliphatic heterocycles. The number of carbonyl (C=O) groups excluding carboxylic acids is 1.